The molecule has 2 N–H and O–H groups in total. The van der Waals surface area contributed by atoms with Gasteiger partial charge in [0.05, 0.1) is 0 Å². The van der Waals surface area contributed by atoms with E-state index in [4.69, 9.17) is 9.84 Å². The lowest BCUT2D eigenvalue weighted by atomic mass is 10.1. The molecule has 1 unspecified atom stereocenters. The van der Waals surface area contributed by atoms with Crippen molar-refractivity contribution in [1.29, 1.82) is 0 Å². The van der Waals surface area contributed by atoms with Gasteiger partial charge in [0.2, 0.25) is 0 Å². The summed E-state index contributed by atoms with van der Waals surface area (Å²) in [7, 11) is 0. The molecule has 1 amide bonds. The minimum absolute atomic E-state index is 0.0411. The first-order valence-electron chi connectivity index (χ1n) is 6.90. The summed E-state index contributed by atoms with van der Waals surface area (Å²) in [5.74, 6) is -2.28. The van der Waals surface area contributed by atoms with Crippen molar-refractivity contribution >= 4 is 11.9 Å². The molecule has 6 heteroatoms. The minimum atomic E-state index is -1.09. The Balaban J connectivity index is 2.61. The first-order valence-corrected chi connectivity index (χ1v) is 6.90. The number of carbonyl (C=O) groups is 2. The number of benzene rings is 1. The molecular weight excluding hydrogens is 277 g/mol. The van der Waals surface area contributed by atoms with Crippen LogP contribution in [0.15, 0.2) is 24.3 Å². The molecule has 0 saturated heterocycles. The number of para-hydroxylation sites is 1. The summed E-state index contributed by atoms with van der Waals surface area (Å²) in [6.07, 6.45) is 0.899. The largest absolute Gasteiger partial charge is 0.480 e. The number of unbranched alkanes of at least 4 members (excludes halogenated alkanes) is 1. The smallest absolute Gasteiger partial charge is 0.326 e. The number of ether oxygens (including phenoxy) is 1. The minimum Gasteiger partial charge on any atom is -0.480 e. The first kappa shape index (κ1) is 16.9. The first-order chi connectivity index (χ1) is 9.95. The van der Waals surface area contributed by atoms with E-state index in [-0.39, 0.29) is 5.75 Å². The molecule has 1 aromatic carbocycles. The highest BCUT2D eigenvalue weighted by molar-refractivity contribution is 5.86. The molecule has 116 valence electrons. The molecule has 0 saturated carbocycles. The maximum Gasteiger partial charge on any atom is 0.326 e. The molecule has 0 radical (unpaired) electrons. The van der Waals surface area contributed by atoms with Crippen LogP contribution in [-0.2, 0) is 9.59 Å². The molecule has 0 spiro atoms. The van der Waals surface area contributed by atoms with Gasteiger partial charge in [-0.05, 0) is 25.5 Å². The van der Waals surface area contributed by atoms with Gasteiger partial charge in [-0.25, -0.2) is 9.18 Å². The number of aliphatic carboxylic acids is 1. The van der Waals surface area contributed by atoms with Gasteiger partial charge in [-0.1, -0.05) is 31.9 Å². The second kappa shape index (κ2) is 8.24. The van der Waals surface area contributed by atoms with Crippen LogP contribution in [0, 0.1) is 5.82 Å². The summed E-state index contributed by atoms with van der Waals surface area (Å²) >= 11 is 0. The van der Waals surface area contributed by atoms with Crippen LogP contribution in [-0.4, -0.2) is 29.1 Å². The highest BCUT2D eigenvalue weighted by atomic mass is 19.1. The Morgan fingerprint density at radius 1 is 1.38 bits per heavy atom. The third-order valence-corrected chi connectivity index (χ3v) is 2.97. The summed E-state index contributed by atoms with van der Waals surface area (Å²) in [6, 6.07) is 4.78. The normalized spacial score (nSPS) is 13.3. The van der Waals surface area contributed by atoms with Crippen LogP contribution in [0.25, 0.3) is 0 Å². The topological polar surface area (TPSA) is 75.6 Å². The van der Waals surface area contributed by atoms with E-state index in [1.807, 2.05) is 6.92 Å². The highest BCUT2D eigenvalue weighted by Gasteiger charge is 2.23. The predicted molar refractivity (Wildman–Crippen MR) is 75.6 cm³/mol. The molecule has 2 atom stereocenters. The Kier molecular flexibility index (Phi) is 6.65. The molecule has 0 aliphatic rings. The fourth-order valence-electron chi connectivity index (χ4n) is 1.74. The van der Waals surface area contributed by atoms with E-state index in [1.54, 1.807) is 6.07 Å². The Labute approximate surface area is 123 Å². The molecule has 1 aromatic rings. The molecule has 0 heterocycles. The third kappa shape index (κ3) is 5.41. The molecule has 21 heavy (non-hydrogen) atoms. The lowest BCUT2D eigenvalue weighted by Crippen LogP contribution is -2.46. The molecule has 0 aromatic heterocycles. The maximum absolute atomic E-state index is 13.4. The number of hydrogen-bond acceptors (Lipinski definition) is 3. The molecular formula is C15H20FNO4. The monoisotopic (exact) mass is 297 g/mol. The van der Waals surface area contributed by atoms with E-state index in [9.17, 15) is 14.0 Å². The van der Waals surface area contributed by atoms with E-state index >= 15 is 0 Å². The average Bonchev–Trinajstić information content (AvgIpc) is 2.45. The highest BCUT2D eigenvalue weighted by Crippen LogP contribution is 2.17. The molecule has 0 bridgehead atoms. The summed E-state index contributed by atoms with van der Waals surface area (Å²) in [6.45, 7) is 3.38. The third-order valence-electron chi connectivity index (χ3n) is 2.97. The summed E-state index contributed by atoms with van der Waals surface area (Å²) in [4.78, 5) is 23.0. The fourth-order valence-corrected chi connectivity index (χ4v) is 1.74. The van der Waals surface area contributed by atoms with Crippen molar-refractivity contribution < 1.29 is 23.8 Å². The number of carboxylic acids is 1. The molecule has 0 fully saturated rings. The number of carboxylic acid groups (broad SMARTS) is 1. The summed E-state index contributed by atoms with van der Waals surface area (Å²) in [5, 5.41) is 11.5. The van der Waals surface area contributed by atoms with Crippen molar-refractivity contribution in [1.82, 2.24) is 5.32 Å². The van der Waals surface area contributed by atoms with E-state index in [1.165, 1.54) is 25.1 Å². The van der Waals surface area contributed by atoms with E-state index in [0.29, 0.717) is 12.8 Å². The van der Waals surface area contributed by atoms with Crippen LogP contribution in [0.1, 0.15) is 33.1 Å². The quantitative estimate of drug-likeness (QED) is 0.772. The van der Waals surface area contributed by atoms with Crippen molar-refractivity contribution in [2.45, 2.75) is 45.3 Å². The van der Waals surface area contributed by atoms with E-state index in [2.05, 4.69) is 5.32 Å². The van der Waals surface area contributed by atoms with Gasteiger partial charge in [-0.2, -0.15) is 0 Å². The van der Waals surface area contributed by atoms with Gasteiger partial charge in [-0.15, -0.1) is 0 Å². The summed E-state index contributed by atoms with van der Waals surface area (Å²) in [5.41, 5.74) is 0. The van der Waals surface area contributed by atoms with Crippen molar-refractivity contribution in [3.8, 4) is 5.75 Å². The van der Waals surface area contributed by atoms with Gasteiger partial charge < -0.3 is 15.2 Å². The van der Waals surface area contributed by atoms with Crippen molar-refractivity contribution in [3.63, 3.8) is 0 Å². The van der Waals surface area contributed by atoms with Crippen molar-refractivity contribution in [2.75, 3.05) is 0 Å². The number of amides is 1. The van der Waals surface area contributed by atoms with Crippen LogP contribution in [0.5, 0.6) is 5.75 Å². The fraction of sp³-hybridized carbons (Fsp3) is 0.467. The van der Waals surface area contributed by atoms with Gasteiger partial charge in [-0.3, -0.25) is 4.79 Å². The zero-order chi connectivity index (χ0) is 15.8. The van der Waals surface area contributed by atoms with Gasteiger partial charge in [0.15, 0.2) is 17.7 Å². The van der Waals surface area contributed by atoms with Crippen LogP contribution >= 0.6 is 0 Å². The van der Waals surface area contributed by atoms with E-state index in [0.717, 1.165) is 6.42 Å². The van der Waals surface area contributed by atoms with Gasteiger partial charge >= 0.3 is 5.97 Å². The van der Waals surface area contributed by atoms with Crippen molar-refractivity contribution in [2.24, 2.45) is 0 Å². The zero-order valence-electron chi connectivity index (χ0n) is 12.1. The Morgan fingerprint density at radius 2 is 2.05 bits per heavy atom. The Morgan fingerprint density at radius 3 is 2.62 bits per heavy atom. The average molecular weight is 297 g/mol. The van der Waals surface area contributed by atoms with Crippen LogP contribution in [0.4, 0.5) is 4.39 Å². The second-order valence-corrected chi connectivity index (χ2v) is 4.73. The molecule has 5 nitrogen and oxygen atoms in total. The Bertz CT molecular complexity index is 492. The SMILES string of the molecule is CCCC[C@H](NC(=O)C(C)Oc1ccccc1F)C(=O)O. The van der Waals surface area contributed by atoms with Crippen LogP contribution in [0.3, 0.4) is 0 Å². The number of carbonyl (C=O) groups excluding carboxylic acids is 1. The zero-order valence-corrected chi connectivity index (χ0v) is 12.1. The van der Waals surface area contributed by atoms with Crippen LogP contribution < -0.4 is 10.1 Å². The lowest BCUT2D eigenvalue weighted by molar-refractivity contribution is -0.143. The molecule has 0 aliphatic carbocycles. The van der Waals surface area contributed by atoms with Gasteiger partial charge in [0.25, 0.3) is 5.91 Å². The number of hydrogen-bond donors (Lipinski definition) is 2. The van der Waals surface area contributed by atoms with Gasteiger partial charge in [0, 0.05) is 0 Å². The second-order valence-electron chi connectivity index (χ2n) is 4.73. The van der Waals surface area contributed by atoms with Gasteiger partial charge in [0.1, 0.15) is 6.04 Å². The van der Waals surface area contributed by atoms with Crippen molar-refractivity contribution in [3.05, 3.63) is 30.1 Å². The summed E-state index contributed by atoms with van der Waals surface area (Å²) < 4.78 is 18.6. The standard InChI is InChI=1S/C15H20FNO4/c1-3-4-8-12(15(19)20)17-14(18)10(2)21-13-9-6-5-7-11(13)16/h5-7,9-10,12H,3-4,8H2,1-2H3,(H,17,18)(H,19,20)/t10?,12-/m0/s1. The molecule has 0 aliphatic heterocycles. The number of halogens is 1. The predicted octanol–water partition coefficient (Wildman–Crippen LogP) is 2.35. The Hall–Kier alpha value is -2.11. The van der Waals surface area contributed by atoms with E-state index < -0.39 is 29.8 Å². The number of nitrogens with one attached hydrogen (secondary N) is 1. The maximum atomic E-state index is 13.4. The lowest BCUT2D eigenvalue weighted by Gasteiger charge is -2.19. The number of rotatable bonds is 8. The van der Waals surface area contributed by atoms with Crippen LogP contribution in [0.2, 0.25) is 0 Å². The molecule has 1 rings (SSSR count).